The van der Waals surface area contributed by atoms with Crippen LogP contribution < -0.4 is 5.32 Å². The number of rotatable bonds is 3. The summed E-state index contributed by atoms with van der Waals surface area (Å²) in [6.45, 7) is 1.15. The molecule has 1 aliphatic rings. The Labute approximate surface area is 155 Å². The van der Waals surface area contributed by atoms with E-state index < -0.39 is 5.82 Å². The zero-order chi connectivity index (χ0) is 18.6. The number of amides is 2. The summed E-state index contributed by atoms with van der Waals surface area (Å²) in [5, 5.41) is 11.0. The van der Waals surface area contributed by atoms with Crippen molar-refractivity contribution in [1.29, 1.82) is 0 Å². The van der Waals surface area contributed by atoms with E-state index in [1.807, 2.05) is 29.1 Å². The second-order valence-electron chi connectivity index (χ2n) is 6.43. The van der Waals surface area contributed by atoms with Gasteiger partial charge in [-0.15, -0.1) is 5.10 Å². The molecule has 2 aromatic heterocycles. The first-order valence-electron chi connectivity index (χ1n) is 8.84. The number of benzene rings is 1. The second kappa shape index (κ2) is 7.53. The van der Waals surface area contributed by atoms with E-state index in [4.69, 9.17) is 0 Å². The number of urea groups is 1. The monoisotopic (exact) mass is 366 g/mol. The molecule has 3 aromatic rings. The summed E-state index contributed by atoms with van der Waals surface area (Å²) in [6, 6.07) is 11.7. The third-order valence-corrected chi connectivity index (χ3v) is 4.68. The number of pyridine rings is 1. The Morgan fingerprint density at radius 3 is 2.59 bits per heavy atom. The molecule has 1 aliphatic heterocycles. The van der Waals surface area contributed by atoms with E-state index >= 15 is 0 Å². The number of halogens is 1. The maximum Gasteiger partial charge on any atom is 0.321 e. The first-order chi connectivity index (χ1) is 13.2. The van der Waals surface area contributed by atoms with Crippen LogP contribution in [0.4, 0.5) is 14.9 Å². The van der Waals surface area contributed by atoms with Gasteiger partial charge < -0.3 is 10.2 Å². The van der Waals surface area contributed by atoms with Crippen LogP contribution in [0.3, 0.4) is 0 Å². The van der Waals surface area contributed by atoms with Crippen molar-refractivity contribution in [3.8, 4) is 11.4 Å². The lowest BCUT2D eigenvalue weighted by atomic mass is 10.1. The topological polar surface area (TPSA) is 75.9 Å². The van der Waals surface area contributed by atoms with Crippen LogP contribution in [0.25, 0.3) is 11.4 Å². The van der Waals surface area contributed by atoms with Crippen LogP contribution in [0.15, 0.2) is 54.9 Å². The molecule has 2 amide bonds. The number of carbonyl (C=O) groups is 1. The average Bonchev–Trinajstić information content (AvgIpc) is 3.21. The van der Waals surface area contributed by atoms with Crippen molar-refractivity contribution in [3.05, 3.63) is 60.7 Å². The number of likely N-dealkylation sites (tertiary alicyclic amines) is 1. The summed E-state index contributed by atoms with van der Waals surface area (Å²) in [6.07, 6.45) is 5.13. The molecule has 4 rings (SSSR count). The minimum Gasteiger partial charge on any atom is -0.324 e. The van der Waals surface area contributed by atoms with E-state index in [1.165, 1.54) is 6.07 Å². The second-order valence-corrected chi connectivity index (χ2v) is 6.43. The summed E-state index contributed by atoms with van der Waals surface area (Å²) in [7, 11) is 0. The molecule has 1 fully saturated rings. The number of nitrogens with zero attached hydrogens (tertiary/aromatic N) is 5. The van der Waals surface area contributed by atoms with Crippen molar-refractivity contribution in [2.75, 3.05) is 18.4 Å². The van der Waals surface area contributed by atoms with Gasteiger partial charge in [0.2, 0.25) is 0 Å². The van der Waals surface area contributed by atoms with Gasteiger partial charge in [-0.25, -0.2) is 13.9 Å². The van der Waals surface area contributed by atoms with Gasteiger partial charge in [0.1, 0.15) is 11.5 Å². The van der Waals surface area contributed by atoms with Crippen LogP contribution in [0.1, 0.15) is 18.9 Å². The molecule has 0 atom stereocenters. The highest BCUT2D eigenvalue weighted by Crippen LogP contribution is 2.24. The standard InChI is InChI=1S/C19H19FN6O/c20-15-5-1-2-6-16(15)22-19(27)25-11-8-14(9-12-25)26-13-18(23-24-26)17-7-3-4-10-21-17/h1-7,10,13-14H,8-9,11-12H2,(H,22,27). The number of anilines is 1. The number of aromatic nitrogens is 4. The lowest BCUT2D eigenvalue weighted by Gasteiger charge is -2.31. The number of hydrogen-bond acceptors (Lipinski definition) is 4. The number of nitrogens with one attached hydrogen (secondary N) is 1. The molecule has 27 heavy (non-hydrogen) atoms. The van der Waals surface area contributed by atoms with Crippen molar-refractivity contribution in [2.45, 2.75) is 18.9 Å². The predicted molar refractivity (Wildman–Crippen MR) is 98.5 cm³/mol. The van der Waals surface area contributed by atoms with Gasteiger partial charge in [-0.1, -0.05) is 23.4 Å². The minimum atomic E-state index is -0.439. The van der Waals surface area contributed by atoms with Crippen molar-refractivity contribution in [1.82, 2.24) is 24.9 Å². The Morgan fingerprint density at radius 2 is 1.85 bits per heavy atom. The Kier molecular flexibility index (Phi) is 4.78. The third-order valence-electron chi connectivity index (χ3n) is 4.68. The molecule has 0 saturated carbocycles. The Morgan fingerprint density at radius 1 is 1.07 bits per heavy atom. The Bertz CT molecular complexity index is 921. The number of piperidine rings is 1. The van der Waals surface area contributed by atoms with Crippen molar-refractivity contribution in [2.24, 2.45) is 0 Å². The van der Waals surface area contributed by atoms with E-state index in [2.05, 4.69) is 20.6 Å². The molecule has 0 radical (unpaired) electrons. The summed E-state index contributed by atoms with van der Waals surface area (Å²) in [5.74, 6) is -0.439. The van der Waals surface area contributed by atoms with E-state index in [0.29, 0.717) is 13.1 Å². The highest BCUT2D eigenvalue weighted by atomic mass is 19.1. The fourth-order valence-corrected chi connectivity index (χ4v) is 3.18. The number of hydrogen-bond donors (Lipinski definition) is 1. The molecule has 1 aromatic carbocycles. The lowest BCUT2D eigenvalue weighted by molar-refractivity contribution is 0.179. The molecule has 1 N–H and O–H groups in total. The van der Waals surface area contributed by atoms with Crippen LogP contribution in [-0.2, 0) is 0 Å². The van der Waals surface area contributed by atoms with Crippen LogP contribution in [-0.4, -0.2) is 44.0 Å². The van der Waals surface area contributed by atoms with Gasteiger partial charge in [-0.2, -0.15) is 0 Å². The average molecular weight is 366 g/mol. The zero-order valence-corrected chi connectivity index (χ0v) is 14.6. The number of para-hydroxylation sites is 1. The van der Waals surface area contributed by atoms with Gasteiger partial charge in [0.15, 0.2) is 0 Å². The van der Waals surface area contributed by atoms with Crippen molar-refractivity contribution < 1.29 is 9.18 Å². The van der Waals surface area contributed by atoms with E-state index in [1.54, 1.807) is 29.3 Å². The molecule has 3 heterocycles. The van der Waals surface area contributed by atoms with Gasteiger partial charge in [0.25, 0.3) is 0 Å². The quantitative estimate of drug-likeness (QED) is 0.771. The minimum absolute atomic E-state index is 0.174. The van der Waals surface area contributed by atoms with Gasteiger partial charge in [0.05, 0.1) is 23.6 Å². The van der Waals surface area contributed by atoms with Crippen molar-refractivity contribution in [3.63, 3.8) is 0 Å². The highest BCUT2D eigenvalue weighted by molar-refractivity contribution is 5.89. The van der Waals surface area contributed by atoms with E-state index in [0.717, 1.165) is 24.2 Å². The summed E-state index contributed by atoms with van der Waals surface area (Å²) >= 11 is 0. The highest BCUT2D eigenvalue weighted by Gasteiger charge is 2.25. The van der Waals surface area contributed by atoms with Gasteiger partial charge in [-0.05, 0) is 37.1 Å². The predicted octanol–water partition coefficient (Wildman–Crippen LogP) is 3.35. The zero-order valence-electron chi connectivity index (χ0n) is 14.6. The van der Waals surface area contributed by atoms with Crippen LogP contribution in [0.5, 0.6) is 0 Å². The molecule has 0 aliphatic carbocycles. The summed E-state index contributed by atoms with van der Waals surface area (Å²) in [5.41, 5.74) is 1.71. The number of carbonyl (C=O) groups excluding carboxylic acids is 1. The molecule has 0 spiro atoms. The fourth-order valence-electron chi connectivity index (χ4n) is 3.18. The maximum absolute atomic E-state index is 13.7. The molecule has 0 unspecified atom stereocenters. The maximum atomic E-state index is 13.7. The summed E-state index contributed by atoms with van der Waals surface area (Å²) < 4.78 is 15.5. The van der Waals surface area contributed by atoms with Gasteiger partial charge >= 0.3 is 6.03 Å². The molecule has 7 nitrogen and oxygen atoms in total. The molecule has 8 heteroatoms. The van der Waals surface area contributed by atoms with Crippen LogP contribution in [0, 0.1) is 5.82 Å². The molecule has 0 bridgehead atoms. The molecule has 1 saturated heterocycles. The first-order valence-corrected chi connectivity index (χ1v) is 8.84. The first kappa shape index (κ1) is 17.1. The normalized spacial score (nSPS) is 14.9. The van der Waals surface area contributed by atoms with Gasteiger partial charge in [-0.3, -0.25) is 4.98 Å². The lowest BCUT2D eigenvalue weighted by Crippen LogP contribution is -2.41. The van der Waals surface area contributed by atoms with Gasteiger partial charge in [0, 0.05) is 19.3 Å². The molecular formula is C19H19FN6O. The van der Waals surface area contributed by atoms with Crippen LogP contribution in [0.2, 0.25) is 0 Å². The van der Waals surface area contributed by atoms with E-state index in [9.17, 15) is 9.18 Å². The van der Waals surface area contributed by atoms with Crippen LogP contribution >= 0.6 is 0 Å². The third kappa shape index (κ3) is 3.79. The Balaban J connectivity index is 1.36. The summed E-state index contributed by atoms with van der Waals surface area (Å²) in [4.78, 5) is 18.3. The SMILES string of the molecule is O=C(Nc1ccccc1F)N1CCC(n2cc(-c3ccccn3)nn2)CC1. The Hall–Kier alpha value is -3.29. The van der Waals surface area contributed by atoms with E-state index in [-0.39, 0.29) is 17.8 Å². The molecular weight excluding hydrogens is 347 g/mol. The molecule has 138 valence electrons. The largest absolute Gasteiger partial charge is 0.324 e. The van der Waals surface area contributed by atoms with Crippen molar-refractivity contribution >= 4 is 11.7 Å². The smallest absolute Gasteiger partial charge is 0.321 e. The fraction of sp³-hybridized carbons (Fsp3) is 0.263.